The first-order valence-electron chi connectivity index (χ1n) is 8.13. The van der Waals surface area contributed by atoms with Crippen LogP contribution in [0.25, 0.3) is 21.9 Å². The van der Waals surface area contributed by atoms with E-state index in [0.717, 1.165) is 27.6 Å². The minimum atomic E-state index is -0.378. The van der Waals surface area contributed by atoms with Crippen LogP contribution in [0.2, 0.25) is 0 Å². The SMILES string of the molecule is COc1cc2c(cc1NCc1ccccc1[N+](=O)[O-])oc1ccccc12. The van der Waals surface area contributed by atoms with Crippen molar-refractivity contribution in [2.45, 2.75) is 6.54 Å². The van der Waals surface area contributed by atoms with Crippen LogP contribution in [0, 0.1) is 10.1 Å². The first-order valence-corrected chi connectivity index (χ1v) is 8.13. The normalized spacial score (nSPS) is 11.0. The topological polar surface area (TPSA) is 77.5 Å². The Morgan fingerprint density at radius 3 is 2.62 bits per heavy atom. The molecule has 4 aromatic rings. The molecule has 0 spiro atoms. The molecule has 0 aliphatic heterocycles. The highest BCUT2D eigenvalue weighted by Gasteiger charge is 2.15. The third-order valence-electron chi connectivity index (χ3n) is 4.36. The second-order valence-electron chi connectivity index (χ2n) is 5.89. The molecule has 0 aliphatic rings. The molecule has 0 fully saturated rings. The van der Waals surface area contributed by atoms with Gasteiger partial charge in [-0.2, -0.15) is 0 Å². The molecule has 0 atom stereocenters. The van der Waals surface area contributed by atoms with Crippen molar-refractivity contribution in [1.82, 2.24) is 0 Å². The monoisotopic (exact) mass is 348 g/mol. The zero-order valence-electron chi connectivity index (χ0n) is 14.1. The van der Waals surface area contributed by atoms with Crippen LogP contribution >= 0.6 is 0 Å². The first-order chi connectivity index (χ1) is 12.7. The summed E-state index contributed by atoms with van der Waals surface area (Å²) in [5.74, 6) is 0.655. The number of anilines is 1. The molecule has 4 rings (SSSR count). The molecular formula is C20H16N2O4. The van der Waals surface area contributed by atoms with Gasteiger partial charge in [-0.15, -0.1) is 0 Å². The van der Waals surface area contributed by atoms with Crippen LogP contribution in [-0.2, 0) is 6.54 Å². The Kier molecular flexibility index (Phi) is 3.93. The van der Waals surface area contributed by atoms with Gasteiger partial charge in [0, 0.05) is 35.0 Å². The maximum absolute atomic E-state index is 11.2. The van der Waals surface area contributed by atoms with Crippen LogP contribution in [0.4, 0.5) is 11.4 Å². The van der Waals surface area contributed by atoms with Gasteiger partial charge >= 0.3 is 0 Å². The van der Waals surface area contributed by atoms with Crippen molar-refractivity contribution in [2.24, 2.45) is 0 Å². The fraction of sp³-hybridized carbons (Fsp3) is 0.100. The Bertz CT molecular complexity index is 1120. The summed E-state index contributed by atoms with van der Waals surface area (Å²) in [5, 5.41) is 16.4. The molecule has 0 saturated heterocycles. The summed E-state index contributed by atoms with van der Waals surface area (Å²) in [5.41, 5.74) is 2.95. The molecule has 0 amide bonds. The third kappa shape index (κ3) is 2.71. The van der Waals surface area contributed by atoms with Gasteiger partial charge in [-0.3, -0.25) is 10.1 Å². The maximum atomic E-state index is 11.2. The van der Waals surface area contributed by atoms with Crippen molar-refractivity contribution in [2.75, 3.05) is 12.4 Å². The van der Waals surface area contributed by atoms with Crippen LogP contribution in [0.15, 0.2) is 65.1 Å². The number of hydrogen-bond donors (Lipinski definition) is 1. The highest BCUT2D eigenvalue weighted by Crippen LogP contribution is 2.36. The molecule has 1 heterocycles. The summed E-state index contributed by atoms with van der Waals surface area (Å²) in [7, 11) is 1.60. The average molecular weight is 348 g/mol. The second-order valence-corrected chi connectivity index (χ2v) is 5.89. The van der Waals surface area contributed by atoms with Gasteiger partial charge in [0.05, 0.1) is 17.7 Å². The molecule has 26 heavy (non-hydrogen) atoms. The van der Waals surface area contributed by atoms with E-state index in [9.17, 15) is 10.1 Å². The molecule has 130 valence electrons. The average Bonchev–Trinajstić information content (AvgIpc) is 3.03. The Morgan fingerprint density at radius 1 is 1.04 bits per heavy atom. The number of nitro benzene ring substituents is 1. The van der Waals surface area contributed by atoms with Gasteiger partial charge in [-0.25, -0.2) is 0 Å². The molecule has 1 aromatic heterocycles. The molecular weight excluding hydrogens is 332 g/mol. The lowest BCUT2D eigenvalue weighted by Gasteiger charge is -2.11. The Morgan fingerprint density at radius 2 is 1.81 bits per heavy atom. The molecule has 0 aliphatic carbocycles. The zero-order valence-corrected chi connectivity index (χ0v) is 14.1. The Labute approximate surface area is 149 Å². The number of nitrogens with one attached hydrogen (secondary N) is 1. The van der Waals surface area contributed by atoms with Gasteiger partial charge in [0.25, 0.3) is 5.69 Å². The second kappa shape index (κ2) is 6.40. The number of nitro groups is 1. The predicted molar refractivity (Wildman–Crippen MR) is 101 cm³/mol. The van der Waals surface area contributed by atoms with E-state index in [4.69, 9.17) is 9.15 Å². The Balaban J connectivity index is 1.72. The summed E-state index contributed by atoms with van der Waals surface area (Å²) in [4.78, 5) is 10.8. The highest BCUT2D eigenvalue weighted by molar-refractivity contribution is 6.06. The Hall–Kier alpha value is -3.54. The van der Waals surface area contributed by atoms with E-state index < -0.39 is 0 Å². The quantitative estimate of drug-likeness (QED) is 0.400. The zero-order chi connectivity index (χ0) is 18.1. The lowest BCUT2D eigenvalue weighted by Crippen LogP contribution is -2.04. The summed E-state index contributed by atoms with van der Waals surface area (Å²) in [6.45, 7) is 0.305. The first kappa shape index (κ1) is 16.0. The number of benzene rings is 3. The molecule has 6 heteroatoms. The van der Waals surface area contributed by atoms with Gasteiger partial charge in [0.2, 0.25) is 0 Å². The van der Waals surface area contributed by atoms with E-state index in [1.165, 1.54) is 6.07 Å². The van der Waals surface area contributed by atoms with Gasteiger partial charge in [0.15, 0.2) is 0 Å². The van der Waals surface area contributed by atoms with Crippen molar-refractivity contribution in [1.29, 1.82) is 0 Å². The lowest BCUT2D eigenvalue weighted by atomic mass is 10.1. The number of para-hydroxylation sites is 2. The number of nitrogens with zero attached hydrogens (tertiary/aromatic N) is 1. The summed E-state index contributed by atoms with van der Waals surface area (Å²) < 4.78 is 11.4. The number of rotatable bonds is 5. The van der Waals surface area contributed by atoms with Gasteiger partial charge in [-0.05, 0) is 12.1 Å². The van der Waals surface area contributed by atoms with E-state index in [0.29, 0.717) is 17.9 Å². The number of hydrogen-bond acceptors (Lipinski definition) is 5. The molecule has 6 nitrogen and oxygen atoms in total. The number of ether oxygens (including phenoxy) is 1. The van der Waals surface area contributed by atoms with Crippen LogP contribution in [0.5, 0.6) is 5.75 Å². The predicted octanol–water partition coefficient (Wildman–Crippen LogP) is 5.11. The number of methoxy groups -OCH3 is 1. The minimum Gasteiger partial charge on any atom is -0.495 e. The molecule has 0 saturated carbocycles. The fourth-order valence-electron chi connectivity index (χ4n) is 3.09. The van der Waals surface area contributed by atoms with Crippen LogP contribution < -0.4 is 10.1 Å². The van der Waals surface area contributed by atoms with E-state index in [-0.39, 0.29) is 10.6 Å². The van der Waals surface area contributed by atoms with Crippen LogP contribution in [-0.4, -0.2) is 12.0 Å². The van der Waals surface area contributed by atoms with Crippen molar-refractivity contribution >= 4 is 33.3 Å². The third-order valence-corrected chi connectivity index (χ3v) is 4.36. The van der Waals surface area contributed by atoms with Gasteiger partial charge in [-0.1, -0.05) is 36.4 Å². The van der Waals surface area contributed by atoms with Gasteiger partial charge < -0.3 is 14.5 Å². The van der Waals surface area contributed by atoms with E-state index in [1.54, 1.807) is 25.3 Å². The van der Waals surface area contributed by atoms with E-state index in [1.807, 2.05) is 36.4 Å². The number of fused-ring (bicyclic) bond motifs is 3. The minimum absolute atomic E-state index is 0.0868. The maximum Gasteiger partial charge on any atom is 0.274 e. The van der Waals surface area contributed by atoms with Crippen molar-refractivity contribution in [3.05, 3.63) is 76.3 Å². The summed E-state index contributed by atoms with van der Waals surface area (Å²) >= 11 is 0. The molecule has 0 bridgehead atoms. The van der Waals surface area contributed by atoms with Crippen molar-refractivity contribution < 1.29 is 14.1 Å². The van der Waals surface area contributed by atoms with E-state index >= 15 is 0 Å². The largest absolute Gasteiger partial charge is 0.495 e. The summed E-state index contributed by atoms with van der Waals surface area (Å²) in [6, 6.07) is 18.3. The van der Waals surface area contributed by atoms with Gasteiger partial charge in [0.1, 0.15) is 16.9 Å². The highest BCUT2D eigenvalue weighted by atomic mass is 16.6. The van der Waals surface area contributed by atoms with E-state index in [2.05, 4.69) is 5.32 Å². The smallest absolute Gasteiger partial charge is 0.274 e. The van der Waals surface area contributed by atoms with Crippen LogP contribution in [0.3, 0.4) is 0 Å². The number of furan rings is 1. The molecule has 0 unspecified atom stereocenters. The molecule has 3 aromatic carbocycles. The van der Waals surface area contributed by atoms with Crippen molar-refractivity contribution in [3.8, 4) is 5.75 Å². The van der Waals surface area contributed by atoms with Crippen LogP contribution in [0.1, 0.15) is 5.56 Å². The fourth-order valence-corrected chi connectivity index (χ4v) is 3.09. The molecule has 0 radical (unpaired) electrons. The molecule has 1 N–H and O–H groups in total. The lowest BCUT2D eigenvalue weighted by molar-refractivity contribution is -0.385. The van der Waals surface area contributed by atoms with Crippen molar-refractivity contribution in [3.63, 3.8) is 0 Å². The summed E-state index contributed by atoms with van der Waals surface area (Å²) in [6.07, 6.45) is 0. The standard InChI is InChI=1S/C20H16N2O4/c1-25-20-10-15-14-7-3-5-9-18(14)26-19(15)11-16(20)21-12-13-6-2-4-8-17(13)22(23)24/h2-11,21H,12H2,1H3.